The molecule has 0 aliphatic rings. The molecule has 0 N–H and O–H groups in total. The zero-order chi connectivity index (χ0) is 17.8. The summed E-state index contributed by atoms with van der Waals surface area (Å²) in [4.78, 5) is 23.0. The molecule has 5 nitrogen and oxygen atoms in total. The van der Waals surface area contributed by atoms with Crippen LogP contribution in [0.3, 0.4) is 0 Å². The molecule has 0 saturated carbocycles. The molecule has 0 unspecified atom stereocenters. The van der Waals surface area contributed by atoms with E-state index in [4.69, 9.17) is 4.74 Å². The largest absolute Gasteiger partial charge is 0.457 e. The number of non-ortho nitro benzene ring substituents is 1. The van der Waals surface area contributed by atoms with E-state index in [0.29, 0.717) is 17.1 Å². The van der Waals surface area contributed by atoms with Gasteiger partial charge in [0.2, 0.25) is 0 Å². The number of rotatable bonds is 5. The molecule has 124 valence electrons. The minimum atomic E-state index is -0.513. The molecule has 25 heavy (non-hydrogen) atoms. The minimum absolute atomic E-state index is 0.104. The van der Waals surface area contributed by atoms with Crippen LogP contribution in [0.1, 0.15) is 21.5 Å². The lowest BCUT2D eigenvalue weighted by Gasteiger charge is -2.09. The first-order valence-electron chi connectivity index (χ1n) is 7.67. The maximum Gasteiger partial charge on any atom is 0.270 e. The van der Waals surface area contributed by atoms with Crippen molar-refractivity contribution in [3.8, 4) is 11.5 Å². The molecule has 3 aromatic rings. The Kier molecular flexibility index (Phi) is 4.57. The monoisotopic (exact) mass is 333 g/mol. The quantitative estimate of drug-likeness (QED) is 0.377. The number of nitrogens with zero attached hydrogens (tertiary/aromatic N) is 1. The van der Waals surface area contributed by atoms with Crippen molar-refractivity contribution in [2.45, 2.75) is 6.92 Å². The van der Waals surface area contributed by atoms with Crippen molar-refractivity contribution < 1.29 is 14.5 Å². The van der Waals surface area contributed by atoms with E-state index in [1.807, 2.05) is 37.3 Å². The van der Waals surface area contributed by atoms with Gasteiger partial charge in [0.05, 0.1) is 4.92 Å². The van der Waals surface area contributed by atoms with Crippen LogP contribution >= 0.6 is 0 Å². The lowest BCUT2D eigenvalue weighted by Crippen LogP contribution is -2.04. The van der Waals surface area contributed by atoms with Gasteiger partial charge in [-0.15, -0.1) is 0 Å². The molecule has 0 aliphatic heterocycles. The third-order valence-corrected chi connectivity index (χ3v) is 3.74. The van der Waals surface area contributed by atoms with Gasteiger partial charge in [-0.05, 0) is 42.8 Å². The number of nitro benzene ring substituents is 1. The van der Waals surface area contributed by atoms with E-state index >= 15 is 0 Å². The molecule has 0 radical (unpaired) electrons. The van der Waals surface area contributed by atoms with Crippen molar-refractivity contribution in [3.63, 3.8) is 0 Å². The topological polar surface area (TPSA) is 69.4 Å². The fraction of sp³-hybridized carbons (Fsp3) is 0.0500. The first-order valence-corrected chi connectivity index (χ1v) is 7.67. The Morgan fingerprint density at radius 3 is 2.36 bits per heavy atom. The summed E-state index contributed by atoms with van der Waals surface area (Å²) in [5.74, 6) is 1.08. The van der Waals surface area contributed by atoms with Crippen LogP contribution in [0.2, 0.25) is 0 Å². The first kappa shape index (κ1) is 16.4. The summed E-state index contributed by atoms with van der Waals surface area (Å²) in [5.41, 5.74) is 1.41. The summed E-state index contributed by atoms with van der Waals surface area (Å²) < 4.78 is 5.75. The second kappa shape index (κ2) is 6.97. The van der Waals surface area contributed by atoms with Crippen LogP contribution in [0.4, 0.5) is 5.69 Å². The Labute approximate surface area is 144 Å². The smallest absolute Gasteiger partial charge is 0.270 e. The number of ether oxygens (including phenoxy) is 1. The Morgan fingerprint density at radius 2 is 1.68 bits per heavy atom. The summed E-state index contributed by atoms with van der Waals surface area (Å²) in [6.07, 6.45) is 0. The number of nitro groups is 1. The van der Waals surface area contributed by atoms with E-state index in [-0.39, 0.29) is 17.0 Å². The summed E-state index contributed by atoms with van der Waals surface area (Å²) >= 11 is 0. The average molecular weight is 333 g/mol. The van der Waals surface area contributed by atoms with Gasteiger partial charge in [0.1, 0.15) is 11.5 Å². The van der Waals surface area contributed by atoms with E-state index in [1.165, 1.54) is 18.2 Å². The van der Waals surface area contributed by atoms with E-state index in [2.05, 4.69) is 0 Å². The fourth-order valence-corrected chi connectivity index (χ4v) is 2.50. The van der Waals surface area contributed by atoms with Crippen LogP contribution in [0.25, 0.3) is 0 Å². The molecule has 0 aromatic heterocycles. The number of aryl methyl sites for hydroxylation is 1. The second-order valence-corrected chi connectivity index (χ2v) is 5.53. The number of para-hydroxylation sites is 1. The van der Waals surface area contributed by atoms with Crippen molar-refractivity contribution in [2.24, 2.45) is 0 Å². The Morgan fingerprint density at radius 1 is 0.920 bits per heavy atom. The number of carbonyl (C=O) groups excluding carboxylic acids is 1. The molecule has 0 atom stereocenters. The molecule has 3 rings (SSSR count). The highest BCUT2D eigenvalue weighted by atomic mass is 16.6. The van der Waals surface area contributed by atoms with Crippen LogP contribution < -0.4 is 4.74 Å². The Balaban J connectivity index is 1.86. The molecule has 0 fully saturated rings. The van der Waals surface area contributed by atoms with Crippen molar-refractivity contribution in [1.29, 1.82) is 0 Å². The summed E-state index contributed by atoms with van der Waals surface area (Å²) in [6.45, 7) is 1.81. The van der Waals surface area contributed by atoms with Gasteiger partial charge in [-0.1, -0.05) is 30.3 Å². The molecule has 0 bridgehead atoms. The maximum atomic E-state index is 12.6. The molecular formula is C20H15NO4. The third kappa shape index (κ3) is 3.72. The lowest BCUT2D eigenvalue weighted by atomic mass is 9.98. The summed E-state index contributed by atoms with van der Waals surface area (Å²) in [7, 11) is 0. The molecule has 0 spiro atoms. The molecule has 0 heterocycles. The van der Waals surface area contributed by atoms with E-state index in [1.54, 1.807) is 24.3 Å². The fourth-order valence-electron chi connectivity index (χ4n) is 2.50. The molecular weight excluding hydrogens is 318 g/mol. The Bertz CT molecular complexity index is 935. The van der Waals surface area contributed by atoms with E-state index in [0.717, 1.165) is 5.56 Å². The van der Waals surface area contributed by atoms with Gasteiger partial charge in [-0.25, -0.2) is 0 Å². The molecule has 0 saturated heterocycles. The predicted molar refractivity (Wildman–Crippen MR) is 94.2 cm³/mol. The highest BCUT2D eigenvalue weighted by Crippen LogP contribution is 2.25. The normalized spacial score (nSPS) is 10.3. The van der Waals surface area contributed by atoms with Gasteiger partial charge in [0, 0.05) is 23.3 Å². The van der Waals surface area contributed by atoms with Crippen molar-refractivity contribution in [1.82, 2.24) is 0 Å². The standard InChI is InChI=1S/C20H15NO4/c1-14-12-18(25-17-8-3-2-4-9-17)10-11-19(14)20(22)15-6-5-7-16(13-15)21(23)24/h2-13H,1H3. The zero-order valence-electron chi connectivity index (χ0n) is 13.5. The van der Waals surface area contributed by atoms with Crippen LogP contribution in [0, 0.1) is 17.0 Å². The number of hydrogen-bond acceptors (Lipinski definition) is 4. The van der Waals surface area contributed by atoms with Crippen LogP contribution in [0.15, 0.2) is 72.8 Å². The molecule has 5 heteroatoms. The van der Waals surface area contributed by atoms with Gasteiger partial charge >= 0.3 is 0 Å². The van der Waals surface area contributed by atoms with Crippen molar-refractivity contribution in [3.05, 3.63) is 99.6 Å². The number of hydrogen-bond donors (Lipinski definition) is 0. The first-order chi connectivity index (χ1) is 12.0. The predicted octanol–water partition coefficient (Wildman–Crippen LogP) is 4.93. The summed E-state index contributed by atoms with van der Waals surface area (Å²) in [5, 5.41) is 10.9. The second-order valence-electron chi connectivity index (χ2n) is 5.53. The number of benzene rings is 3. The highest BCUT2D eigenvalue weighted by Gasteiger charge is 2.15. The molecule has 0 aliphatic carbocycles. The van der Waals surface area contributed by atoms with Gasteiger partial charge < -0.3 is 4.74 Å². The van der Waals surface area contributed by atoms with E-state index in [9.17, 15) is 14.9 Å². The lowest BCUT2D eigenvalue weighted by molar-refractivity contribution is -0.384. The Hall–Kier alpha value is -3.47. The van der Waals surface area contributed by atoms with Gasteiger partial charge in [0.15, 0.2) is 5.78 Å². The highest BCUT2D eigenvalue weighted by molar-refractivity contribution is 6.10. The minimum Gasteiger partial charge on any atom is -0.457 e. The number of carbonyl (C=O) groups is 1. The number of ketones is 1. The zero-order valence-corrected chi connectivity index (χ0v) is 13.5. The van der Waals surface area contributed by atoms with E-state index < -0.39 is 4.92 Å². The summed E-state index contributed by atoms with van der Waals surface area (Å²) in [6, 6.07) is 20.2. The molecule has 0 amide bonds. The van der Waals surface area contributed by atoms with Crippen LogP contribution in [-0.2, 0) is 0 Å². The maximum absolute atomic E-state index is 12.6. The van der Waals surface area contributed by atoms with Crippen molar-refractivity contribution in [2.75, 3.05) is 0 Å². The van der Waals surface area contributed by atoms with Gasteiger partial charge in [-0.3, -0.25) is 14.9 Å². The van der Waals surface area contributed by atoms with Crippen molar-refractivity contribution >= 4 is 11.5 Å². The van der Waals surface area contributed by atoms with Gasteiger partial charge in [0.25, 0.3) is 5.69 Å². The van der Waals surface area contributed by atoms with Gasteiger partial charge in [-0.2, -0.15) is 0 Å². The average Bonchev–Trinajstić information content (AvgIpc) is 2.62. The SMILES string of the molecule is Cc1cc(Oc2ccccc2)ccc1C(=O)c1cccc([N+](=O)[O-])c1. The van der Waals surface area contributed by atoms with Crippen LogP contribution in [0.5, 0.6) is 11.5 Å². The molecule has 3 aromatic carbocycles. The third-order valence-electron chi connectivity index (χ3n) is 3.74. The van der Waals surface area contributed by atoms with Crippen LogP contribution in [-0.4, -0.2) is 10.7 Å².